The number of hydrogen-bond acceptors (Lipinski definition) is 2. The van der Waals surface area contributed by atoms with E-state index in [4.69, 9.17) is 4.74 Å². The summed E-state index contributed by atoms with van der Waals surface area (Å²) in [5, 5.41) is 2.51. The van der Waals surface area contributed by atoms with Crippen molar-refractivity contribution in [3.63, 3.8) is 0 Å². The van der Waals surface area contributed by atoms with Gasteiger partial charge in [0.15, 0.2) is 0 Å². The van der Waals surface area contributed by atoms with Crippen LogP contribution in [-0.4, -0.2) is 18.2 Å². The van der Waals surface area contributed by atoms with Crippen LogP contribution in [0.2, 0.25) is 0 Å². The minimum absolute atomic E-state index is 0.339. The highest BCUT2D eigenvalue weighted by molar-refractivity contribution is 5.67. The summed E-state index contributed by atoms with van der Waals surface area (Å²) in [5.41, 5.74) is -0.441. The van der Waals surface area contributed by atoms with E-state index >= 15 is 0 Å². The topological polar surface area (TPSA) is 38.3 Å². The van der Waals surface area contributed by atoms with Crippen molar-refractivity contribution in [1.29, 1.82) is 0 Å². The number of ether oxygens (including phenoxy) is 1. The molecule has 0 aromatic carbocycles. The molecule has 1 amide bonds. The van der Waals surface area contributed by atoms with Crippen LogP contribution in [0.3, 0.4) is 0 Å². The first kappa shape index (κ1) is 10.8. The molecule has 3 heteroatoms. The minimum atomic E-state index is -0.441. The molecule has 0 spiro atoms. The molecule has 0 aliphatic carbocycles. The molecule has 0 radical (unpaired) electrons. The van der Waals surface area contributed by atoms with Crippen LogP contribution in [0.5, 0.6) is 0 Å². The monoisotopic (exact) mass is 169 g/mol. The molecule has 0 atom stereocenters. The fourth-order valence-electron chi connectivity index (χ4n) is 0.519. The van der Waals surface area contributed by atoms with E-state index in [9.17, 15) is 4.79 Å². The van der Waals surface area contributed by atoms with Gasteiger partial charge in [-0.15, -0.1) is 5.92 Å². The molecule has 0 aromatic heterocycles. The Morgan fingerprint density at radius 2 is 2.08 bits per heavy atom. The predicted molar refractivity (Wildman–Crippen MR) is 47.7 cm³/mol. The van der Waals surface area contributed by atoms with Crippen LogP contribution < -0.4 is 5.32 Å². The maximum absolute atomic E-state index is 10.9. The summed E-state index contributed by atoms with van der Waals surface area (Å²) < 4.78 is 4.97. The third kappa shape index (κ3) is 6.94. The van der Waals surface area contributed by atoms with Crippen LogP contribution in [0.1, 0.15) is 27.7 Å². The highest BCUT2D eigenvalue weighted by atomic mass is 16.6. The molecule has 1 N–H and O–H groups in total. The lowest BCUT2D eigenvalue weighted by Crippen LogP contribution is -2.32. The first-order chi connectivity index (χ1) is 5.45. The smallest absolute Gasteiger partial charge is 0.408 e. The Bertz CT molecular complexity index is 205. The van der Waals surface area contributed by atoms with Gasteiger partial charge in [0.1, 0.15) is 5.60 Å². The number of hydrogen-bond donors (Lipinski definition) is 1. The summed E-state index contributed by atoms with van der Waals surface area (Å²) in [4.78, 5) is 10.9. The second-order valence-corrected chi connectivity index (χ2v) is 3.28. The lowest BCUT2D eigenvalue weighted by molar-refractivity contribution is 0.0535. The van der Waals surface area contributed by atoms with Crippen LogP contribution in [0.15, 0.2) is 0 Å². The third-order valence-electron chi connectivity index (χ3n) is 0.897. The number of amides is 1. The number of carbonyl (C=O) groups excluding carboxylic acids is 1. The molecule has 0 aliphatic rings. The van der Waals surface area contributed by atoms with Crippen molar-refractivity contribution in [2.45, 2.75) is 33.3 Å². The van der Waals surface area contributed by atoms with Crippen molar-refractivity contribution in [2.24, 2.45) is 0 Å². The Labute approximate surface area is 73.5 Å². The van der Waals surface area contributed by atoms with E-state index in [0.717, 1.165) is 0 Å². The summed E-state index contributed by atoms with van der Waals surface area (Å²) in [6.45, 7) is 7.51. The van der Waals surface area contributed by atoms with E-state index in [1.54, 1.807) is 6.92 Å². The Balaban J connectivity index is 3.66. The van der Waals surface area contributed by atoms with Gasteiger partial charge in [-0.25, -0.2) is 4.79 Å². The largest absolute Gasteiger partial charge is 0.444 e. The van der Waals surface area contributed by atoms with Gasteiger partial charge in [0.05, 0.1) is 6.54 Å². The summed E-state index contributed by atoms with van der Waals surface area (Å²) >= 11 is 0. The summed E-state index contributed by atoms with van der Waals surface area (Å²) in [6.07, 6.45) is -0.426. The number of carbonyl (C=O) groups is 1. The summed E-state index contributed by atoms with van der Waals surface area (Å²) in [5.74, 6) is 5.37. The molecule has 0 rings (SSSR count). The third-order valence-corrected chi connectivity index (χ3v) is 0.897. The number of rotatable bonds is 1. The van der Waals surface area contributed by atoms with Gasteiger partial charge >= 0.3 is 6.09 Å². The molecule has 0 saturated carbocycles. The van der Waals surface area contributed by atoms with Crippen molar-refractivity contribution in [3.05, 3.63) is 0 Å². The Morgan fingerprint density at radius 3 is 2.50 bits per heavy atom. The molecule has 0 heterocycles. The van der Waals surface area contributed by atoms with Crippen LogP contribution in [0.25, 0.3) is 0 Å². The Kier molecular flexibility index (Phi) is 4.20. The normalized spacial score (nSPS) is 9.67. The van der Waals surface area contributed by atoms with E-state index in [1.807, 2.05) is 20.8 Å². The van der Waals surface area contributed by atoms with E-state index in [0.29, 0.717) is 6.54 Å². The van der Waals surface area contributed by atoms with Crippen molar-refractivity contribution in [1.82, 2.24) is 5.32 Å². The Hall–Kier alpha value is -1.17. The average Bonchev–Trinajstić information content (AvgIpc) is 1.84. The van der Waals surface area contributed by atoms with Crippen molar-refractivity contribution in [2.75, 3.05) is 6.54 Å². The van der Waals surface area contributed by atoms with E-state index < -0.39 is 11.7 Å². The minimum Gasteiger partial charge on any atom is -0.444 e. The highest BCUT2D eigenvalue weighted by Gasteiger charge is 2.14. The van der Waals surface area contributed by atoms with Gasteiger partial charge in [-0.05, 0) is 27.7 Å². The van der Waals surface area contributed by atoms with Crippen LogP contribution >= 0.6 is 0 Å². The number of alkyl carbamates (subject to hydrolysis) is 1. The molecule has 0 saturated heterocycles. The molecule has 68 valence electrons. The predicted octanol–water partition coefficient (Wildman–Crippen LogP) is 1.53. The maximum atomic E-state index is 10.9. The SMILES string of the molecule is CC#CCNC(=O)OC(C)(C)C. The Morgan fingerprint density at radius 1 is 1.50 bits per heavy atom. The zero-order valence-corrected chi connectivity index (χ0v) is 8.02. The maximum Gasteiger partial charge on any atom is 0.408 e. The van der Waals surface area contributed by atoms with Crippen molar-refractivity contribution >= 4 is 6.09 Å². The fourth-order valence-corrected chi connectivity index (χ4v) is 0.519. The van der Waals surface area contributed by atoms with E-state index in [2.05, 4.69) is 17.2 Å². The molecule has 0 bridgehead atoms. The van der Waals surface area contributed by atoms with Gasteiger partial charge in [0, 0.05) is 0 Å². The number of nitrogens with one attached hydrogen (secondary N) is 1. The highest BCUT2D eigenvalue weighted by Crippen LogP contribution is 2.05. The quantitative estimate of drug-likeness (QED) is 0.604. The first-order valence-corrected chi connectivity index (χ1v) is 3.82. The second-order valence-electron chi connectivity index (χ2n) is 3.28. The molecule has 0 unspecified atom stereocenters. The van der Waals surface area contributed by atoms with E-state index in [1.165, 1.54) is 0 Å². The average molecular weight is 169 g/mol. The fraction of sp³-hybridized carbons (Fsp3) is 0.667. The lowest BCUT2D eigenvalue weighted by Gasteiger charge is -2.18. The second kappa shape index (κ2) is 4.66. The van der Waals surface area contributed by atoms with Crippen LogP contribution in [0.4, 0.5) is 4.79 Å². The molecule has 12 heavy (non-hydrogen) atoms. The molecular formula is C9H15NO2. The zero-order chi connectivity index (χ0) is 9.61. The van der Waals surface area contributed by atoms with Crippen molar-refractivity contribution < 1.29 is 9.53 Å². The van der Waals surface area contributed by atoms with Gasteiger partial charge in [-0.3, -0.25) is 0 Å². The van der Waals surface area contributed by atoms with Crippen LogP contribution in [0, 0.1) is 11.8 Å². The molecule has 0 fully saturated rings. The first-order valence-electron chi connectivity index (χ1n) is 3.82. The molecule has 0 aromatic rings. The molecular weight excluding hydrogens is 154 g/mol. The summed E-state index contributed by atoms with van der Waals surface area (Å²) in [6, 6.07) is 0. The molecule has 3 nitrogen and oxygen atoms in total. The lowest BCUT2D eigenvalue weighted by atomic mass is 10.2. The zero-order valence-electron chi connectivity index (χ0n) is 8.02. The van der Waals surface area contributed by atoms with Gasteiger partial charge in [0.2, 0.25) is 0 Å². The van der Waals surface area contributed by atoms with Gasteiger partial charge in [0.25, 0.3) is 0 Å². The van der Waals surface area contributed by atoms with E-state index in [-0.39, 0.29) is 0 Å². The van der Waals surface area contributed by atoms with Crippen LogP contribution in [-0.2, 0) is 4.74 Å². The van der Waals surface area contributed by atoms with Gasteiger partial charge < -0.3 is 10.1 Å². The van der Waals surface area contributed by atoms with Crippen molar-refractivity contribution in [3.8, 4) is 11.8 Å². The van der Waals surface area contributed by atoms with Gasteiger partial charge in [-0.2, -0.15) is 0 Å². The summed E-state index contributed by atoms with van der Waals surface area (Å²) in [7, 11) is 0. The standard InChI is InChI=1S/C9H15NO2/c1-5-6-7-10-8(11)12-9(2,3)4/h7H2,1-4H3,(H,10,11). The molecule has 0 aliphatic heterocycles. The van der Waals surface area contributed by atoms with Gasteiger partial charge in [-0.1, -0.05) is 5.92 Å².